The Labute approximate surface area is 105 Å². The van der Waals surface area contributed by atoms with Gasteiger partial charge in [-0.25, -0.2) is 14.4 Å². The number of hydrogen-bond acceptors (Lipinski definition) is 4. The van der Waals surface area contributed by atoms with Crippen LogP contribution in [0.5, 0.6) is 5.88 Å². The number of nitrogens with zero attached hydrogens (tertiary/aromatic N) is 2. The molecular formula is C13H14FN3O. The van der Waals surface area contributed by atoms with Crippen LogP contribution in [0.25, 0.3) is 0 Å². The lowest BCUT2D eigenvalue weighted by molar-refractivity contribution is 0.395. The van der Waals surface area contributed by atoms with Crippen molar-refractivity contribution in [1.29, 1.82) is 0 Å². The van der Waals surface area contributed by atoms with Crippen LogP contribution >= 0.6 is 0 Å². The lowest BCUT2D eigenvalue weighted by Crippen LogP contribution is -2.15. The molecule has 0 bridgehead atoms. The Bertz CT molecular complexity index is 560. The number of halogens is 1. The zero-order chi connectivity index (χ0) is 13.1. The highest BCUT2D eigenvalue weighted by atomic mass is 19.1. The van der Waals surface area contributed by atoms with Crippen LogP contribution in [0.15, 0.2) is 30.6 Å². The molecule has 4 nitrogen and oxygen atoms in total. The summed E-state index contributed by atoms with van der Waals surface area (Å²) >= 11 is 0. The number of methoxy groups -OCH3 is 1. The summed E-state index contributed by atoms with van der Waals surface area (Å²) in [5, 5.41) is 0. The minimum absolute atomic E-state index is 0.274. The van der Waals surface area contributed by atoms with Gasteiger partial charge < -0.3 is 10.5 Å². The average molecular weight is 247 g/mol. The van der Waals surface area contributed by atoms with Crippen molar-refractivity contribution in [1.82, 2.24) is 9.97 Å². The minimum atomic E-state index is -0.428. The van der Waals surface area contributed by atoms with Crippen LogP contribution in [0.1, 0.15) is 22.9 Å². The van der Waals surface area contributed by atoms with Crippen molar-refractivity contribution in [2.45, 2.75) is 13.0 Å². The van der Waals surface area contributed by atoms with Crippen LogP contribution in [0.3, 0.4) is 0 Å². The van der Waals surface area contributed by atoms with Gasteiger partial charge in [0.25, 0.3) is 0 Å². The molecule has 94 valence electrons. The molecule has 0 saturated heterocycles. The standard InChI is InChI=1S/C13H14FN3O/c1-8-5-9(14)3-4-10(8)13(15)11-6-12(18-2)17-7-16-11/h3-7,13H,15H2,1-2H3. The van der Waals surface area contributed by atoms with Gasteiger partial charge in [0.1, 0.15) is 12.1 Å². The topological polar surface area (TPSA) is 61.0 Å². The van der Waals surface area contributed by atoms with Gasteiger partial charge >= 0.3 is 0 Å². The molecular weight excluding hydrogens is 233 g/mol. The number of hydrogen-bond donors (Lipinski definition) is 1. The Balaban J connectivity index is 2.37. The second-order valence-electron chi connectivity index (χ2n) is 3.96. The van der Waals surface area contributed by atoms with E-state index in [0.717, 1.165) is 11.1 Å². The SMILES string of the molecule is COc1cc(C(N)c2ccc(F)cc2C)ncn1. The lowest BCUT2D eigenvalue weighted by atomic mass is 9.99. The van der Waals surface area contributed by atoms with Crippen LogP contribution in [0.2, 0.25) is 0 Å². The van der Waals surface area contributed by atoms with Crippen molar-refractivity contribution in [3.8, 4) is 5.88 Å². The Kier molecular flexibility index (Phi) is 3.53. The summed E-state index contributed by atoms with van der Waals surface area (Å²) in [6.45, 7) is 1.82. The maximum atomic E-state index is 13.0. The van der Waals surface area contributed by atoms with E-state index in [4.69, 9.17) is 10.5 Å². The van der Waals surface area contributed by atoms with E-state index in [1.165, 1.54) is 25.6 Å². The van der Waals surface area contributed by atoms with Crippen molar-refractivity contribution in [2.75, 3.05) is 7.11 Å². The first-order chi connectivity index (χ1) is 8.61. The number of benzene rings is 1. The van der Waals surface area contributed by atoms with Crippen LogP contribution in [-0.2, 0) is 0 Å². The second-order valence-corrected chi connectivity index (χ2v) is 3.96. The Hall–Kier alpha value is -2.01. The highest BCUT2D eigenvalue weighted by molar-refractivity contribution is 5.35. The maximum absolute atomic E-state index is 13.0. The first-order valence-corrected chi connectivity index (χ1v) is 5.49. The highest BCUT2D eigenvalue weighted by Crippen LogP contribution is 2.23. The quantitative estimate of drug-likeness (QED) is 0.900. The molecule has 0 radical (unpaired) electrons. The summed E-state index contributed by atoms with van der Waals surface area (Å²) in [6, 6.07) is 5.76. The molecule has 1 unspecified atom stereocenters. The van der Waals surface area contributed by atoms with Gasteiger partial charge in [0, 0.05) is 6.07 Å². The molecule has 2 rings (SSSR count). The van der Waals surface area contributed by atoms with Crippen LogP contribution in [-0.4, -0.2) is 17.1 Å². The predicted octanol–water partition coefficient (Wildman–Crippen LogP) is 1.98. The lowest BCUT2D eigenvalue weighted by Gasteiger charge is -2.14. The third-order valence-corrected chi connectivity index (χ3v) is 2.76. The fourth-order valence-corrected chi connectivity index (χ4v) is 1.78. The van der Waals surface area contributed by atoms with Gasteiger partial charge in [0.15, 0.2) is 0 Å². The fraction of sp³-hybridized carbons (Fsp3) is 0.231. The molecule has 0 aliphatic heterocycles. The van der Waals surface area contributed by atoms with Gasteiger partial charge in [-0.15, -0.1) is 0 Å². The fourth-order valence-electron chi connectivity index (χ4n) is 1.78. The van der Waals surface area contributed by atoms with E-state index in [-0.39, 0.29) is 5.82 Å². The third-order valence-electron chi connectivity index (χ3n) is 2.76. The molecule has 0 amide bonds. The molecule has 2 N–H and O–H groups in total. The number of rotatable bonds is 3. The Morgan fingerprint density at radius 1 is 1.28 bits per heavy atom. The van der Waals surface area contributed by atoms with Gasteiger partial charge in [0.2, 0.25) is 5.88 Å². The number of aryl methyl sites for hydroxylation is 1. The molecule has 0 spiro atoms. The molecule has 1 heterocycles. The van der Waals surface area contributed by atoms with E-state index in [9.17, 15) is 4.39 Å². The largest absolute Gasteiger partial charge is 0.481 e. The second kappa shape index (κ2) is 5.10. The molecule has 2 aromatic rings. The zero-order valence-corrected chi connectivity index (χ0v) is 10.2. The predicted molar refractivity (Wildman–Crippen MR) is 65.8 cm³/mol. The number of ether oxygens (including phenoxy) is 1. The normalized spacial score (nSPS) is 12.2. The monoisotopic (exact) mass is 247 g/mol. The molecule has 0 aliphatic rings. The number of aromatic nitrogens is 2. The van der Waals surface area contributed by atoms with E-state index in [1.807, 2.05) is 6.92 Å². The van der Waals surface area contributed by atoms with Gasteiger partial charge in [-0.2, -0.15) is 0 Å². The van der Waals surface area contributed by atoms with E-state index in [0.29, 0.717) is 11.6 Å². The van der Waals surface area contributed by atoms with Crippen LogP contribution in [0, 0.1) is 12.7 Å². The smallest absolute Gasteiger partial charge is 0.216 e. The Morgan fingerprint density at radius 3 is 2.72 bits per heavy atom. The maximum Gasteiger partial charge on any atom is 0.216 e. The molecule has 1 aromatic carbocycles. The van der Waals surface area contributed by atoms with E-state index < -0.39 is 6.04 Å². The van der Waals surface area contributed by atoms with Crippen molar-refractivity contribution in [3.63, 3.8) is 0 Å². The molecule has 1 aromatic heterocycles. The summed E-state index contributed by atoms with van der Waals surface area (Å²) in [7, 11) is 1.53. The van der Waals surface area contributed by atoms with Gasteiger partial charge in [-0.1, -0.05) is 6.07 Å². The van der Waals surface area contributed by atoms with Crippen LogP contribution < -0.4 is 10.5 Å². The molecule has 0 saturated carbocycles. The summed E-state index contributed by atoms with van der Waals surface area (Å²) in [4.78, 5) is 8.04. The van der Waals surface area contributed by atoms with Crippen molar-refractivity contribution < 1.29 is 9.13 Å². The molecule has 0 aliphatic carbocycles. The first-order valence-electron chi connectivity index (χ1n) is 5.49. The summed E-state index contributed by atoms with van der Waals surface area (Å²) in [6.07, 6.45) is 1.40. The average Bonchev–Trinajstić information content (AvgIpc) is 2.38. The summed E-state index contributed by atoms with van der Waals surface area (Å²) < 4.78 is 18.1. The van der Waals surface area contributed by atoms with E-state index >= 15 is 0 Å². The summed E-state index contributed by atoms with van der Waals surface area (Å²) in [5.74, 6) is 0.180. The third kappa shape index (κ3) is 2.46. The highest BCUT2D eigenvalue weighted by Gasteiger charge is 2.14. The molecule has 18 heavy (non-hydrogen) atoms. The first kappa shape index (κ1) is 12.4. The van der Waals surface area contributed by atoms with Crippen LogP contribution in [0.4, 0.5) is 4.39 Å². The molecule has 1 atom stereocenters. The van der Waals surface area contributed by atoms with Crippen molar-refractivity contribution in [2.24, 2.45) is 5.73 Å². The zero-order valence-electron chi connectivity index (χ0n) is 10.2. The summed E-state index contributed by atoms with van der Waals surface area (Å²) in [5.41, 5.74) is 8.38. The molecule has 0 fully saturated rings. The van der Waals surface area contributed by atoms with E-state index in [1.54, 1.807) is 12.1 Å². The number of nitrogens with two attached hydrogens (primary N) is 1. The van der Waals surface area contributed by atoms with Crippen molar-refractivity contribution in [3.05, 3.63) is 53.2 Å². The van der Waals surface area contributed by atoms with Gasteiger partial charge in [-0.3, -0.25) is 0 Å². The van der Waals surface area contributed by atoms with E-state index in [2.05, 4.69) is 9.97 Å². The Morgan fingerprint density at radius 2 is 2.06 bits per heavy atom. The van der Waals surface area contributed by atoms with Gasteiger partial charge in [-0.05, 0) is 30.2 Å². The minimum Gasteiger partial charge on any atom is -0.481 e. The molecule has 5 heteroatoms. The van der Waals surface area contributed by atoms with Crippen molar-refractivity contribution >= 4 is 0 Å². The van der Waals surface area contributed by atoms with Gasteiger partial charge in [0.05, 0.1) is 18.8 Å².